The van der Waals surface area contributed by atoms with Crippen molar-refractivity contribution in [2.24, 2.45) is 14.1 Å². The number of aryl methyl sites for hydroxylation is 2. The summed E-state index contributed by atoms with van der Waals surface area (Å²) >= 11 is 0. The molecule has 1 aliphatic rings. The Morgan fingerprint density at radius 3 is 2.14 bits per heavy atom. The van der Waals surface area contributed by atoms with Gasteiger partial charge in [-0.25, -0.2) is 13.2 Å². The minimum atomic E-state index is -3.72. The van der Waals surface area contributed by atoms with Gasteiger partial charge in [-0.05, 0) is 30.3 Å². The first-order valence-electron chi connectivity index (χ1n) is 9.30. The van der Waals surface area contributed by atoms with Crippen molar-refractivity contribution in [1.82, 2.24) is 18.3 Å². The molecule has 29 heavy (non-hydrogen) atoms. The van der Waals surface area contributed by atoms with Crippen LogP contribution in [-0.4, -0.2) is 58.8 Å². The fourth-order valence-corrected chi connectivity index (χ4v) is 5.13. The number of hydrogen-bond donors (Lipinski definition) is 0. The van der Waals surface area contributed by atoms with E-state index in [-0.39, 0.29) is 29.6 Å². The second-order valence-electron chi connectivity index (χ2n) is 7.11. The standard InChI is InChI=1S/C20H22N4O4S/c1-21-17-9-8-16(14-18(17)22(2)20(21)26)29(27,28)24-12-10-23(11-13-24)19(25)15-6-4-3-5-7-15/h3-9,14H,10-13H2,1-2H3. The summed E-state index contributed by atoms with van der Waals surface area (Å²) in [4.78, 5) is 26.5. The van der Waals surface area contributed by atoms with Crippen molar-refractivity contribution in [3.05, 3.63) is 64.6 Å². The lowest BCUT2D eigenvalue weighted by Crippen LogP contribution is -2.50. The quantitative estimate of drug-likeness (QED) is 0.641. The summed E-state index contributed by atoms with van der Waals surface area (Å²) in [6, 6.07) is 13.7. The van der Waals surface area contributed by atoms with Gasteiger partial charge in [0.25, 0.3) is 5.91 Å². The average molecular weight is 414 g/mol. The van der Waals surface area contributed by atoms with Crippen LogP contribution in [0.2, 0.25) is 0 Å². The van der Waals surface area contributed by atoms with Gasteiger partial charge in [-0.3, -0.25) is 13.9 Å². The molecule has 0 radical (unpaired) electrons. The number of amides is 1. The molecule has 0 atom stereocenters. The number of benzene rings is 2. The van der Waals surface area contributed by atoms with Crippen LogP contribution < -0.4 is 5.69 Å². The summed E-state index contributed by atoms with van der Waals surface area (Å²) in [5.74, 6) is -0.0941. The molecule has 3 aromatic rings. The summed E-state index contributed by atoms with van der Waals surface area (Å²) in [6.45, 7) is 1.12. The van der Waals surface area contributed by atoms with Gasteiger partial charge in [-0.1, -0.05) is 18.2 Å². The summed E-state index contributed by atoms with van der Waals surface area (Å²) in [6.07, 6.45) is 0. The maximum absolute atomic E-state index is 13.1. The van der Waals surface area contributed by atoms with Crippen molar-refractivity contribution in [3.8, 4) is 0 Å². The number of imidazole rings is 1. The van der Waals surface area contributed by atoms with Gasteiger partial charge in [0.15, 0.2) is 0 Å². The average Bonchev–Trinajstić information content (AvgIpc) is 2.97. The van der Waals surface area contributed by atoms with E-state index in [4.69, 9.17) is 0 Å². The highest BCUT2D eigenvalue weighted by molar-refractivity contribution is 7.89. The normalized spacial score (nSPS) is 15.7. The number of sulfonamides is 1. The summed E-state index contributed by atoms with van der Waals surface area (Å²) < 4.78 is 30.5. The molecule has 0 N–H and O–H groups in total. The maximum atomic E-state index is 13.1. The van der Waals surface area contributed by atoms with Crippen LogP contribution in [0.3, 0.4) is 0 Å². The molecule has 2 aromatic carbocycles. The molecule has 0 bridgehead atoms. The van der Waals surface area contributed by atoms with Crippen LogP contribution in [0.25, 0.3) is 11.0 Å². The molecule has 0 spiro atoms. The molecule has 1 amide bonds. The minimum absolute atomic E-state index is 0.0941. The van der Waals surface area contributed by atoms with Crippen molar-refractivity contribution in [3.63, 3.8) is 0 Å². The molecule has 0 aliphatic carbocycles. The van der Waals surface area contributed by atoms with E-state index in [0.717, 1.165) is 0 Å². The molecule has 0 saturated carbocycles. The van der Waals surface area contributed by atoms with Gasteiger partial charge in [-0.2, -0.15) is 4.31 Å². The molecule has 4 rings (SSSR count). The van der Waals surface area contributed by atoms with Crippen LogP contribution in [0, 0.1) is 0 Å². The minimum Gasteiger partial charge on any atom is -0.336 e. The Labute approximate surface area is 168 Å². The molecule has 9 heteroatoms. The van der Waals surface area contributed by atoms with Crippen LogP contribution in [0.1, 0.15) is 10.4 Å². The highest BCUT2D eigenvalue weighted by Crippen LogP contribution is 2.22. The van der Waals surface area contributed by atoms with Crippen LogP contribution >= 0.6 is 0 Å². The molecule has 8 nitrogen and oxygen atoms in total. The van der Waals surface area contributed by atoms with Gasteiger partial charge < -0.3 is 4.90 Å². The van der Waals surface area contributed by atoms with E-state index in [0.29, 0.717) is 29.7 Å². The Morgan fingerprint density at radius 1 is 0.862 bits per heavy atom. The first-order chi connectivity index (χ1) is 13.8. The van der Waals surface area contributed by atoms with Crippen molar-refractivity contribution in [2.45, 2.75) is 4.90 Å². The molecule has 152 valence electrons. The highest BCUT2D eigenvalue weighted by Gasteiger charge is 2.31. The van der Waals surface area contributed by atoms with E-state index in [1.54, 1.807) is 49.3 Å². The number of fused-ring (bicyclic) bond motifs is 1. The third-order valence-corrected chi connectivity index (χ3v) is 7.32. The van der Waals surface area contributed by atoms with Crippen molar-refractivity contribution >= 4 is 27.0 Å². The molecule has 1 fully saturated rings. The van der Waals surface area contributed by atoms with Crippen LogP contribution in [0.5, 0.6) is 0 Å². The molecular weight excluding hydrogens is 392 g/mol. The Hall–Kier alpha value is -2.91. The molecule has 2 heterocycles. The largest absolute Gasteiger partial charge is 0.336 e. The zero-order chi connectivity index (χ0) is 20.8. The molecule has 1 aliphatic heterocycles. The maximum Gasteiger partial charge on any atom is 0.328 e. The van der Waals surface area contributed by atoms with Gasteiger partial charge in [0.2, 0.25) is 10.0 Å². The number of carbonyl (C=O) groups excluding carboxylic acids is 1. The van der Waals surface area contributed by atoms with Gasteiger partial charge in [0.1, 0.15) is 0 Å². The fourth-order valence-electron chi connectivity index (χ4n) is 3.69. The topological polar surface area (TPSA) is 84.6 Å². The van der Waals surface area contributed by atoms with E-state index in [2.05, 4.69) is 0 Å². The zero-order valence-electron chi connectivity index (χ0n) is 16.3. The Bertz CT molecular complexity index is 1240. The summed E-state index contributed by atoms with van der Waals surface area (Å²) in [5.41, 5.74) is 1.63. The van der Waals surface area contributed by atoms with Crippen molar-refractivity contribution in [2.75, 3.05) is 26.2 Å². The number of rotatable bonds is 3. The predicted molar refractivity (Wildman–Crippen MR) is 109 cm³/mol. The van der Waals surface area contributed by atoms with Gasteiger partial charge in [0, 0.05) is 45.8 Å². The van der Waals surface area contributed by atoms with Crippen molar-refractivity contribution < 1.29 is 13.2 Å². The van der Waals surface area contributed by atoms with Gasteiger partial charge in [0.05, 0.1) is 15.9 Å². The molecule has 1 aromatic heterocycles. The Morgan fingerprint density at radius 2 is 1.48 bits per heavy atom. The monoisotopic (exact) mass is 414 g/mol. The number of hydrogen-bond acceptors (Lipinski definition) is 4. The van der Waals surface area contributed by atoms with Crippen LogP contribution in [0.15, 0.2) is 58.2 Å². The third-order valence-electron chi connectivity index (χ3n) is 5.43. The van der Waals surface area contributed by atoms with E-state index in [9.17, 15) is 18.0 Å². The third kappa shape index (κ3) is 3.26. The second-order valence-corrected chi connectivity index (χ2v) is 9.05. The number of nitrogens with zero attached hydrogens (tertiary/aromatic N) is 4. The lowest BCUT2D eigenvalue weighted by atomic mass is 10.2. The Kier molecular flexibility index (Phi) is 4.79. The SMILES string of the molecule is Cn1c(=O)n(C)c2cc(S(=O)(=O)N3CCN(C(=O)c4ccccc4)CC3)ccc21. The van der Waals surface area contributed by atoms with Crippen LogP contribution in [0.4, 0.5) is 0 Å². The zero-order valence-corrected chi connectivity index (χ0v) is 17.1. The van der Waals surface area contributed by atoms with E-state index >= 15 is 0 Å². The summed E-state index contributed by atoms with van der Waals surface area (Å²) in [7, 11) is -0.442. The number of aromatic nitrogens is 2. The fraction of sp³-hybridized carbons (Fsp3) is 0.300. The lowest BCUT2D eigenvalue weighted by molar-refractivity contribution is 0.0698. The second kappa shape index (κ2) is 7.16. The smallest absolute Gasteiger partial charge is 0.328 e. The van der Waals surface area contributed by atoms with Crippen LogP contribution in [-0.2, 0) is 24.1 Å². The molecule has 0 unspecified atom stereocenters. The van der Waals surface area contributed by atoms with E-state index in [1.165, 1.54) is 25.6 Å². The first kappa shape index (κ1) is 19.4. The summed E-state index contributed by atoms with van der Waals surface area (Å²) in [5, 5.41) is 0. The van der Waals surface area contributed by atoms with Crippen molar-refractivity contribution in [1.29, 1.82) is 0 Å². The van der Waals surface area contributed by atoms with Gasteiger partial charge >= 0.3 is 5.69 Å². The Balaban J connectivity index is 1.55. The first-order valence-corrected chi connectivity index (χ1v) is 10.7. The van der Waals surface area contributed by atoms with E-state index < -0.39 is 10.0 Å². The highest BCUT2D eigenvalue weighted by atomic mass is 32.2. The van der Waals surface area contributed by atoms with E-state index in [1.807, 2.05) is 6.07 Å². The number of piperazine rings is 1. The predicted octanol–water partition coefficient (Wildman–Crippen LogP) is 1.02. The molecule has 1 saturated heterocycles. The van der Waals surface area contributed by atoms with Gasteiger partial charge in [-0.15, -0.1) is 0 Å². The lowest BCUT2D eigenvalue weighted by Gasteiger charge is -2.34. The number of carbonyl (C=O) groups is 1. The molecular formula is C20H22N4O4S.